The molecular weight excluding hydrogens is 280 g/mol. The molecule has 2 rings (SSSR count). The zero-order valence-corrected chi connectivity index (χ0v) is 12.1. The molecule has 1 unspecified atom stereocenters. The van der Waals surface area contributed by atoms with Gasteiger partial charge in [-0.1, -0.05) is 0 Å². The highest BCUT2D eigenvalue weighted by Crippen LogP contribution is 2.14. The fourth-order valence-corrected chi connectivity index (χ4v) is 2.80. The van der Waals surface area contributed by atoms with Crippen LogP contribution in [0.25, 0.3) is 0 Å². The lowest BCUT2D eigenvalue weighted by atomic mass is 10.1. The van der Waals surface area contributed by atoms with Crippen molar-refractivity contribution in [3.63, 3.8) is 0 Å². The molecule has 7 heteroatoms. The molecule has 0 radical (unpaired) electrons. The van der Waals surface area contributed by atoms with E-state index in [1.807, 2.05) is 0 Å². The molecule has 1 aliphatic rings. The Morgan fingerprint density at radius 2 is 2.20 bits per heavy atom. The van der Waals surface area contributed by atoms with Crippen molar-refractivity contribution in [2.75, 3.05) is 13.2 Å². The minimum absolute atomic E-state index is 0.0430. The third-order valence-electron chi connectivity index (χ3n) is 3.16. The Bertz CT molecular complexity index is 607. The Labute approximate surface area is 118 Å². The number of hydrogen-bond acceptors (Lipinski definition) is 4. The molecule has 1 fully saturated rings. The van der Waals surface area contributed by atoms with Gasteiger partial charge in [-0.15, -0.1) is 0 Å². The van der Waals surface area contributed by atoms with E-state index in [0.29, 0.717) is 12.1 Å². The van der Waals surface area contributed by atoms with E-state index in [2.05, 4.69) is 5.32 Å². The van der Waals surface area contributed by atoms with Crippen LogP contribution in [0.5, 0.6) is 0 Å². The van der Waals surface area contributed by atoms with Crippen LogP contribution in [0.1, 0.15) is 28.8 Å². The monoisotopic (exact) mass is 298 g/mol. The number of primary sulfonamides is 1. The molecular formula is C13H18N2O4S. The summed E-state index contributed by atoms with van der Waals surface area (Å²) < 4.78 is 28.1. The van der Waals surface area contributed by atoms with Crippen LogP contribution in [0.15, 0.2) is 23.1 Å². The number of sulfonamides is 1. The molecule has 20 heavy (non-hydrogen) atoms. The van der Waals surface area contributed by atoms with E-state index in [-0.39, 0.29) is 22.5 Å². The lowest BCUT2D eigenvalue weighted by Gasteiger charge is -2.11. The molecule has 1 aromatic carbocycles. The van der Waals surface area contributed by atoms with Gasteiger partial charge in [0, 0.05) is 18.7 Å². The van der Waals surface area contributed by atoms with Gasteiger partial charge in [0.05, 0.1) is 11.0 Å². The average Bonchev–Trinajstić information content (AvgIpc) is 2.87. The molecule has 0 bridgehead atoms. The number of carbonyl (C=O) groups excluding carboxylic acids is 1. The van der Waals surface area contributed by atoms with Crippen molar-refractivity contribution < 1.29 is 17.9 Å². The summed E-state index contributed by atoms with van der Waals surface area (Å²) in [6.07, 6.45) is 1.97. The van der Waals surface area contributed by atoms with Crippen LogP contribution in [0.3, 0.4) is 0 Å². The smallest absolute Gasteiger partial charge is 0.251 e. The summed E-state index contributed by atoms with van der Waals surface area (Å²) in [4.78, 5) is 12.0. The van der Waals surface area contributed by atoms with Gasteiger partial charge < -0.3 is 10.1 Å². The third-order valence-corrected chi connectivity index (χ3v) is 4.05. The molecule has 3 N–H and O–H groups in total. The average molecular weight is 298 g/mol. The van der Waals surface area contributed by atoms with Gasteiger partial charge in [-0.2, -0.15) is 0 Å². The Balaban J connectivity index is 2.11. The van der Waals surface area contributed by atoms with Crippen molar-refractivity contribution in [1.29, 1.82) is 0 Å². The summed E-state index contributed by atoms with van der Waals surface area (Å²) in [5.41, 5.74) is 0.950. The highest BCUT2D eigenvalue weighted by molar-refractivity contribution is 7.89. The van der Waals surface area contributed by atoms with E-state index in [9.17, 15) is 13.2 Å². The fourth-order valence-electron chi connectivity index (χ4n) is 2.16. The third kappa shape index (κ3) is 3.78. The second kappa shape index (κ2) is 5.90. The summed E-state index contributed by atoms with van der Waals surface area (Å²) in [7, 11) is -3.82. The largest absolute Gasteiger partial charge is 0.376 e. The summed E-state index contributed by atoms with van der Waals surface area (Å²) in [6.45, 7) is 2.86. The number of hydrogen-bond donors (Lipinski definition) is 2. The van der Waals surface area contributed by atoms with E-state index in [1.165, 1.54) is 12.1 Å². The first-order chi connectivity index (χ1) is 9.36. The number of rotatable bonds is 4. The van der Waals surface area contributed by atoms with Crippen molar-refractivity contribution in [3.8, 4) is 0 Å². The van der Waals surface area contributed by atoms with Crippen LogP contribution >= 0.6 is 0 Å². The summed E-state index contributed by atoms with van der Waals surface area (Å²) >= 11 is 0. The Morgan fingerprint density at radius 1 is 1.45 bits per heavy atom. The molecule has 1 amide bonds. The van der Waals surface area contributed by atoms with Gasteiger partial charge >= 0.3 is 0 Å². The van der Waals surface area contributed by atoms with Crippen LogP contribution in [0, 0.1) is 6.92 Å². The number of carbonyl (C=O) groups is 1. The van der Waals surface area contributed by atoms with E-state index in [1.54, 1.807) is 13.0 Å². The molecule has 0 saturated carbocycles. The molecule has 6 nitrogen and oxygen atoms in total. The quantitative estimate of drug-likeness (QED) is 0.848. The molecule has 0 aliphatic carbocycles. The maximum absolute atomic E-state index is 12.0. The number of aryl methyl sites for hydroxylation is 1. The van der Waals surface area contributed by atoms with Crippen LogP contribution in [0.2, 0.25) is 0 Å². The summed E-state index contributed by atoms with van der Waals surface area (Å²) in [5.74, 6) is -0.325. The van der Waals surface area contributed by atoms with Gasteiger partial charge in [-0.05, 0) is 43.5 Å². The number of benzene rings is 1. The number of amides is 1. The van der Waals surface area contributed by atoms with Crippen LogP contribution in [0.4, 0.5) is 0 Å². The summed E-state index contributed by atoms with van der Waals surface area (Å²) in [6, 6.07) is 4.35. The first-order valence-corrected chi connectivity index (χ1v) is 7.95. The molecule has 1 aromatic rings. The first-order valence-electron chi connectivity index (χ1n) is 6.40. The van der Waals surface area contributed by atoms with E-state index < -0.39 is 10.0 Å². The van der Waals surface area contributed by atoms with Gasteiger partial charge in [0.25, 0.3) is 5.91 Å². The van der Waals surface area contributed by atoms with Crippen LogP contribution < -0.4 is 10.5 Å². The lowest BCUT2D eigenvalue weighted by Crippen LogP contribution is -2.32. The Morgan fingerprint density at radius 3 is 2.80 bits per heavy atom. The molecule has 1 saturated heterocycles. The predicted molar refractivity (Wildman–Crippen MR) is 73.9 cm³/mol. The highest BCUT2D eigenvalue weighted by atomic mass is 32.2. The van der Waals surface area contributed by atoms with Crippen molar-refractivity contribution >= 4 is 15.9 Å². The van der Waals surface area contributed by atoms with E-state index in [0.717, 1.165) is 19.4 Å². The number of nitrogens with one attached hydrogen (secondary N) is 1. The van der Waals surface area contributed by atoms with Crippen molar-refractivity contribution in [1.82, 2.24) is 5.32 Å². The predicted octanol–water partition coefficient (Wildman–Crippen LogP) is 0.551. The van der Waals surface area contributed by atoms with Gasteiger partial charge in [-0.3, -0.25) is 4.79 Å². The maximum atomic E-state index is 12.0. The van der Waals surface area contributed by atoms with Crippen LogP contribution in [-0.2, 0) is 14.8 Å². The topological polar surface area (TPSA) is 98.5 Å². The molecule has 0 aromatic heterocycles. The second-order valence-electron chi connectivity index (χ2n) is 4.92. The number of ether oxygens (including phenoxy) is 1. The van der Waals surface area contributed by atoms with E-state index in [4.69, 9.17) is 9.88 Å². The minimum Gasteiger partial charge on any atom is -0.376 e. The van der Waals surface area contributed by atoms with Gasteiger partial charge in [-0.25, -0.2) is 13.6 Å². The molecule has 1 atom stereocenters. The Hall–Kier alpha value is -1.44. The van der Waals surface area contributed by atoms with Crippen LogP contribution in [-0.4, -0.2) is 33.6 Å². The van der Waals surface area contributed by atoms with E-state index >= 15 is 0 Å². The zero-order valence-electron chi connectivity index (χ0n) is 11.3. The molecule has 0 spiro atoms. The molecule has 1 aliphatic heterocycles. The van der Waals surface area contributed by atoms with Crippen molar-refractivity contribution in [3.05, 3.63) is 29.3 Å². The zero-order chi connectivity index (χ0) is 14.8. The number of nitrogens with two attached hydrogens (primary N) is 1. The van der Waals surface area contributed by atoms with Gasteiger partial charge in [0.2, 0.25) is 10.0 Å². The lowest BCUT2D eigenvalue weighted by molar-refractivity contribution is 0.0857. The fraction of sp³-hybridized carbons (Fsp3) is 0.462. The normalized spacial score (nSPS) is 19.0. The van der Waals surface area contributed by atoms with Gasteiger partial charge in [0.15, 0.2) is 0 Å². The Kier molecular flexibility index (Phi) is 4.42. The molecule has 110 valence electrons. The first kappa shape index (κ1) is 15.0. The SMILES string of the molecule is Cc1cc(C(=O)NCC2CCCO2)cc(S(N)(=O)=O)c1. The minimum atomic E-state index is -3.82. The molecule has 1 heterocycles. The second-order valence-corrected chi connectivity index (χ2v) is 6.49. The van der Waals surface area contributed by atoms with Gasteiger partial charge in [0.1, 0.15) is 0 Å². The maximum Gasteiger partial charge on any atom is 0.251 e. The standard InChI is InChI=1S/C13H18N2O4S/c1-9-5-10(7-12(6-9)20(14,17)18)13(16)15-8-11-3-2-4-19-11/h5-7,11H,2-4,8H2,1H3,(H,15,16)(H2,14,17,18). The van der Waals surface area contributed by atoms with Crippen molar-refractivity contribution in [2.45, 2.75) is 30.8 Å². The van der Waals surface area contributed by atoms with Crippen molar-refractivity contribution in [2.24, 2.45) is 5.14 Å². The summed E-state index contributed by atoms with van der Waals surface area (Å²) in [5, 5.41) is 7.84. The highest BCUT2D eigenvalue weighted by Gasteiger charge is 2.18.